The van der Waals surface area contributed by atoms with Crippen LogP contribution in [0, 0.1) is 0 Å². The molecule has 0 aliphatic heterocycles. The van der Waals surface area contributed by atoms with Gasteiger partial charge in [0.25, 0.3) is 0 Å². The molecule has 0 aliphatic rings. The van der Waals surface area contributed by atoms with Crippen molar-refractivity contribution < 1.29 is 4.74 Å². The van der Waals surface area contributed by atoms with E-state index in [1.807, 2.05) is 0 Å². The number of ether oxygens (including phenoxy) is 1. The van der Waals surface area contributed by atoms with Crippen molar-refractivity contribution in [1.29, 1.82) is 0 Å². The van der Waals surface area contributed by atoms with E-state index >= 15 is 0 Å². The first-order chi connectivity index (χ1) is 12.4. The molecule has 0 fully saturated rings. The maximum atomic E-state index is 6.29. The molecule has 0 spiro atoms. The third-order valence-corrected chi connectivity index (χ3v) is 4.56. The summed E-state index contributed by atoms with van der Waals surface area (Å²) in [6, 6.07) is 35.7. The highest BCUT2D eigenvalue weighted by atomic mass is 16.5. The Kier molecular flexibility index (Phi) is 4.47. The number of rotatable bonds is 5. The average molecular weight is 324 g/mol. The fourth-order valence-electron chi connectivity index (χ4n) is 3.25. The first-order valence-electron chi connectivity index (χ1n) is 8.62. The number of fused-ring (bicyclic) bond motifs is 1. The van der Waals surface area contributed by atoms with Crippen molar-refractivity contribution >= 4 is 10.8 Å². The summed E-state index contributed by atoms with van der Waals surface area (Å²) in [5.74, 6) is 1.15. The standard InChI is InChI=1S/C24H20O/c1-3-10-20(11-4-1)23(21-12-5-2-6-13-21)18-25-24-17-9-15-19-14-7-8-16-22(19)24/h1-17,23H,18H2. The quantitative estimate of drug-likeness (QED) is 0.434. The Hall–Kier alpha value is -3.06. The van der Waals surface area contributed by atoms with Crippen LogP contribution in [0.3, 0.4) is 0 Å². The molecule has 0 radical (unpaired) electrons. The van der Waals surface area contributed by atoms with Gasteiger partial charge in [0.15, 0.2) is 0 Å². The van der Waals surface area contributed by atoms with Crippen LogP contribution in [0.2, 0.25) is 0 Å². The Morgan fingerprint density at radius 1 is 0.560 bits per heavy atom. The van der Waals surface area contributed by atoms with Crippen molar-refractivity contribution in [3.63, 3.8) is 0 Å². The molecule has 25 heavy (non-hydrogen) atoms. The molecule has 0 bridgehead atoms. The summed E-state index contributed by atoms with van der Waals surface area (Å²) in [5.41, 5.74) is 2.54. The predicted octanol–water partition coefficient (Wildman–Crippen LogP) is 6.05. The van der Waals surface area contributed by atoms with E-state index in [-0.39, 0.29) is 5.92 Å². The largest absolute Gasteiger partial charge is 0.492 e. The molecule has 122 valence electrons. The van der Waals surface area contributed by atoms with Crippen LogP contribution in [-0.4, -0.2) is 6.61 Å². The zero-order chi connectivity index (χ0) is 16.9. The lowest BCUT2D eigenvalue weighted by Crippen LogP contribution is -2.12. The van der Waals surface area contributed by atoms with Crippen LogP contribution < -0.4 is 4.74 Å². The summed E-state index contributed by atoms with van der Waals surface area (Å²) < 4.78 is 6.29. The molecular weight excluding hydrogens is 304 g/mol. The van der Waals surface area contributed by atoms with Gasteiger partial charge in [-0.25, -0.2) is 0 Å². The molecule has 4 aromatic rings. The highest BCUT2D eigenvalue weighted by Gasteiger charge is 2.15. The highest BCUT2D eigenvalue weighted by Crippen LogP contribution is 2.29. The molecule has 0 aliphatic carbocycles. The Balaban J connectivity index is 1.65. The zero-order valence-electron chi connectivity index (χ0n) is 14.0. The smallest absolute Gasteiger partial charge is 0.127 e. The van der Waals surface area contributed by atoms with E-state index in [9.17, 15) is 0 Å². The van der Waals surface area contributed by atoms with E-state index in [2.05, 4.69) is 103 Å². The SMILES string of the molecule is c1ccc(C(COc2cccc3ccccc23)c2ccccc2)cc1. The van der Waals surface area contributed by atoms with Gasteiger partial charge in [-0.2, -0.15) is 0 Å². The summed E-state index contributed by atoms with van der Waals surface area (Å²) in [6.45, 7) is 0.613. The van der Waals surface area contributed by atoms with Gasteiger partial charge in [-0.3, -0.25) is 0 Å². The maximum Gasteiger partial charge on any atom is 0.127 e. The molecule has 4 aromatic carbocycles. The van der Waals surface area contributed by atoms with E-state index in [4.69, 9.17) is 4.74 Å². The van der Waals surface area contributed by atoms with Gasteiger partial charge in [-0.05, 0) is 22.6 Å². The van der Waals surface area contributed by atoms with Crippen molar-refractivity contribution in [3.05, 3.63) is 114 Å². The third-order valence-electron chi connectivity index (χ3n) is 4.56. The van der Waals surface area contributed by atoms with Crippen LogP contribution in [0.15, 0.2) is 103 Å². The van der Waals surface area contributed by atoms with Crippen molar-refractivity contribution in [3.8, 4) is 5.75 Å². The second-order valence-electron chi connectivity index (χ2n) is 6.16. The van der Waals surface area contributed by atoms with Gasteiger partial charge in [0, 0.05) is 11.3 Å². The minimum absolute atomic E-state index is 0.210. The van der Waals surface area contributed by atoms with E-state index in [1.54, 1.807) is 0 Å². The van der Waals surface area contributed by atoms with Gasteiger partial charge in [0.2, 0.25) is 0 Å². The third kappa shape index (κ3) is 3.41. The first kappa shape index (κ1) is 15.5. The normalized spacial score (nSPS) is 10.9. The van der Waals surface area contributed by atoms with Crippen LogP contribution in [0.25, 0.3) is 10.8 Å². The fraction of sp³-hybridized carbons (Fsp3) is 0.0833. The molecule has 1 nitrogen and oxygen atoms in total. The lowest BCUT2D eigenvalue weighted by molar-refractivity contribution is 0.307. The second-order valence-corrected chi connectivity index (χ2v) is 6.16. The summed E-state index contributed by atoms with van der Waals surface area (Å²) in [4.78, 5) is 0. The van der Waals surface area contributed by atoms with Crippen LogP contribution in [-0.2, 0) is 0 Å². The Bertz CT molecular complexity index is 900. The number of benzene rings is 4. The molecule has 0 saturated heterocycles. The van der Waals surface area contributed by atoms with E-state index in [0.717, 1.165) is 11.1 Å². The van der Waals surface area contributed by atoms with E-state index < -0.39 is 0 Å². The van der Waals surface area contributed by atoms with Gasteiger partial charge in [-0.15, -0.1) is 0 Å². The predicted molar refractivity (Wildman–Crippen MR) is 104 cm³/mol. The summed E-state index contributed by atoms with van der Waals surface area (Å²) >= 11 is 0. The van der Waals surface area contributed by atoms with E-state index in [0.29, 0.717) is 6.61 Å². The Morgan fingerprint density at radius 3 is 1.80 bits per heavy atom. The Morgan fingerprint density at radius 2 is 1.12 bits per heavy atom. The van der Waals surface area contributed by atoms with Gasteiger partial charge in [0.05, 0.1) is 6.61 Å². The molecule has 0 atom stereocenters. The number of hydrogen-bond donors (Lipinski definition) is 0. The van der Waals surface area contributed by atoms with Crippen molar-refractivity contribution in [2.24, 2.45) is 0 Å². The molecule has 1 heteroatoms. The second kappa shape index (κ2) is 7.23. The zero-order valence-corrected chi connectivity index (χ0v) is 14.0. The first-order valence-corrected chi connectivity index (χ1v) is 8.62. The summed E-state index contributed by atoms with van der Waals surface area (Å²) in [7, 11) is 0. The van der Waals surface area contributed by atoms with Crippen LogP contribution in [0.4, 0.5) is 0 Å². The van der Waals surface area contributed by atoms with Gasteiger partial charge >= 0.3 is 0 Å². The molecule has 0 N–H and O–H groups in total. The van der Waals surface area contributed by atoms with Crippen LogP contribution in [0.5, 0.6) is 5.75 Å². The van der Waals surface area contributed by atoms with Gasteiger partial charge in [0.1, 0.15) is 5.75 Å². The molecule has 0 amide bonds. The van der Waals surface area contributed by atoms with Crippen LogP contribution >= 0.6 is 0 Å². The average Bonchev–Trinajstić information content (AvgIpc) is 2.70. The minimum atomic E-state index is 0.210. The van der Waals surface area contributed by atoms with Gasteiger partial charge < -0.3 is 4.74 Å². The topological polar surface area (TPSA) is 9.23 Å². The minimum Gasteiger partial charge on any atom is -0.492 e. The molecule has 0 saturated carbocycles. The maximum absolute atomic E-state index is 6.29. The number of hydrogen-bond acceptors (Lipinski definition) is 1. The molecular formula is C24H20O. The molecule has 4 rings (SSSR count). The highest BCUT2D eigenvalue weighted by molar-refractivity contribution is 5.88. The molecule has 0 unspecified atom stereocenters. The molecule has 0 aromatic heterocycles. The van der Waals surface area contributed by atoms with Crippen LogP contribution in [0.1, 0.15) is 17.0 Å². The Labute approximate surface area is 148 Å². The summed E-state index contributed by atoms with van der Waals surface area (Å²) in [6.07, 6.45) is 0. The van der Waals surface area contributed by atoms with E-state index in [1.165, 1.54) is 16.5 Å². The summed E-state index contributed by atoms with van der Waals surface area (Å²) in [5, 5.41) is 2.36. The fourth-order valence-corrected chi connectivity index (χ4v) is 3.25. The lowest BCUT2D eigenvalue weighted by Gasteiger charge is -2.19. The van der Waals surface area contributed by atoms with Gasteiger partial charge in [-0.1, -0.05) is 97.1 Å². The lowest BCUT2D eigenvalue weighted by atomic mass is 9.92. The molecule has 0 heterocycles. The van der Waals surface area contributed by atoms with Crippen molar-refractivity contribution in [2.45, 2.75) is 5.92 Å². The van der Waals surface area contributed by atoms with Crippen molar-refractivity contribution in [2.75, 3.05) is 6.61 Å². The van der Waals surface area contributed by atoms with Crippen molar-refractivity contribution in [1.82, 2.24) is 0 Å². The monoisotopic (exact) mass is 324 g/mol.